The number of aromatic nitrogens is 2. The first-order valence-electron chi connectivity index (χ1n) is 9.54. The average molecular weight is 386 g/mol. The molecule has 0 spiro atoms. The van der Waals surface area contributed by atoms with E-state index >= 15 is 0 Å². The molecule has 0 unspecified atom stereocenters. The van der Waals surface area contributed by atoms with E-state index in [1.54, 1.807) is 6.33 Å². The van der Waals surface area contributed by atoms with Gasteiger partial charge in [0.2, 0.25) is 5.91 Å². The maximum absolute atomic E-state index is 12.6. The number of halogens is 1. The van der Waals surface area contributed by atoms with E-state index in [1.165, 1.54) is 12.8 Å². The first kappa shape index (κ1) is 18.0. The summed E-state index contributed by atoms with van der Waals surface area (Å²) in [7, 11) is 0. The molecule has 2 saturated heterocycles. The fourth-order valence-corrected chi connectivity index (χ4v) is 3.93. The molecular weight excluding hydrogens is 362 g/mol. The largest absolute Gasteiger partial charge is 0.356 e. The van der Waals surface area contributed by atoms with Crippen LogP contribution < -0.4 is 9.80 Å². The summed E-state index contributed by atoms with van der Waals surface area (Å²) in [5.74, 6) is 2.09. The molecule has 3 heterocycles. The SMILES string of the molecule is O=C(Cc1ccccc1Cl)N1CCN(c2cc(N3CCCC3)ncn2)CC1. The molecule has 2 aliphatic heterocycles. The third-order valence-corrected chi connectivity index (χ3v) is 5.69. The van der Waals surface area contributed by atoms with E-state index in [2.05, 4.69) is 25.8 Å². The lowest BCUT2D eigenvalue weighted by Gasteiger charge is -2.35. The molecule has 0 radical (unpaired) electrons. The van der Waals surface area contributed by atoms with Gasteiger partial charge >= 0.3 is 0 Å². The number of rotatable bonds is 4. The highest BCUT2D eigenvalue weighted by molar-refractivity contribution is 6.31. The molecule has 27 heavy (non-hydrogen) atoms. The van der Waals surface area contributed by atoms with Crippen molar-refractivity contribution in [3.8, 4) is 0 Å². The number of hydrogen-bond donors (Lipinski definition) is 0. The summed E-state index contributed by atoms with van der Waals surface area (Å²) in [6.45, 7) is 5.11. The Bertz CT molecular complexity index is 800. The second kappa shape index (κ2) is 8.13. The average Bonchev–Trinajstić information content (AvgIpc) is 3.25. The number of anilines is 2. The molecule has 2 fully saturated rings. The Balaban J connectivity index is 1.35. The third kappa shape index (κ3) is 4.16. The van der Waals surface area contributed by atoms with Crippen LogP contribution in [-0.4, -0.2) is 60.0 Å². The number of benzene rings is 1. The monoisotopic (exact) mass is 385 g/mol. The van der Waals surface area contributed by atoms with Gasteiger partial charge in [-0.05, 0) is 24.5 Å². The molecule has 0 bridgehead atoms. The van der Waals surface area contributed by atoms with Gasteiger partial charge in [-0.25, -0.2) is 9.97 Å². The maximum atomic E-state index is 12.6. The molecule has 4 rings (SSSR count). The molecule has 6 nitrogen and oxygen atoms in total. The molecule has 1 amide bonds. The minimum atomic E-state index is 0.128. The van der Waals surface area contributed by atoms with Crippen LogP contribution in [0.5, 0.6) is 0 Å². The van der Waals surface area contributed by atoms with Gasteiger partial charge in [0.25, 0.3) is 0 Å². The number of nitrogens with zero attached hydrogens (tertiary/aromatic N) is 5. The second-order valence-electron chi connectivity index (χ2n) is 7.06. The maximum Gasteiger partial charge on any atom is 0.227 e. The van der Waals surface area contributed by atoms with Crippen molar-refractivity contribution in [2.75, 3.05) is 49.1 Å². The normalized spacial score (nSPS) is 17.4. The zero-order valence-electron chi connectivity index (χ0n) is 15.4. The standard InChI is InChI=1S/C20H24ClN5O/c21-17-6-2-1-5-16(17)13-20(27)26-11-9-25(10-12-26)19-14-18(22-15-23-19)24-7-3-4-8-24/h1-2,5-6,14-15H,3-4,7-13H2. The van der Waals surface area contributed by atoms with Crippen molar-refractivity contribution in [1.82, 2.24) is 14.9 Å². The van der Waals surface area contributed by atoms with Crippen LogP contribution in [0.25, 0.3) is 0 Å². The fraction of sp³-hybridized carbons (Fsp3) is 0.450. The van der Waals surface area contributed by atoms with Gasteiger partial charge in [-0.2, -0.15) is 0 Å². The Morgan fingerprint density at radius 2 is 1.56 bits per heavy atom. The molecule has 2 aromatic rings. The van der Waals surface area contributed by atoms with Crippen LogP contribution in [-0.2, 0) is 11.2 Å². The van der Waals surface area contributed by atoms with Crippen molar-refractivity contribution in [3.63, 3.8) is 0 Å². The van der Waals surface area contributed by atoms with Crippen LogP contribution in [0.15, 0.2) is 36.7 Å². The Morgan fingerprint density at radius 1 is 0.926 bits per heavy atom. The summed E-state index contributed by atoms with van der Waals surface area (Å²) in [5, 5.41) is 0.653. The predicted molar refractivity (Wildman–Crippen MR) is 107 cm³/mol. The van der Waals surface area contributed by atoms with E-state index in [4.69, 9.17) is 11.6 Å². The highest BCUT2D eigenvalue weighted by Crippen LogP contribution is 2.22. The quantitative estimate of drug-likeness (QED) is 0.809. The molecule has 1 aromatic heterocycles. The number of amides is 1. The van der Waals surface area contributed by atoms with Gasteiger partial charge in [-0.1, -0.05) is 29.8 Å². The molecule has 0 N–H and O–H groups in total. The van der Waals surface area contributed by atoms with Gasteiger partial charge in [0, 0.05) is 50.4 Å². The van der Waals surface area contributed by atoms with Crippen molar-refractivity contribution in [2.24, 2.45) is 0 Å². The number of carbonyl (C=O) groups is 1. The lowest BCUT2D eigenvalue weighted by Crippen LogP contribution is -2.49. The first-order valence-corrected chi connectivity index (χ1v) is 9.91. The van der Waals surface area contributed by atoms with E-state index in [1.807, 2.05) is 29.2 Å². The first-order chi connectivity index (χ1) is 13.2. The summed E-state index contributed by atoms with van der Waals surface area (Å²) in [6.07, 6.45) is 4.46. The molecule has 2 aliphatic rings. The molecule has 142 valence electrons. The van der Waals surface area contributed by atoms with Gasteiger partial charge in [0.05, 0.1) is 6.42 Å². The van der Waals surface area contributed by atoms with Gasteiger partial charge in [-0.15, -0.1) is 0 Å². The van der Waals surface area contributed by atoms with Crippen molar-refractivity contribution >= 4 is 29.1 Å². The van der Waals surface area contributed by atoms with E-state index in [0.29, 0.717) is 24.5 Å². The van der Waals surface area contributed by atoms with Crippen LogP contribution in [0.3, 0.4) is 0 Å². The Kier molecular flexibility index (Phi) is 5.43. The van der Waals surface area contributed by atoms with Gasteiger partial charge < -0.3 is 14.7 Å². The Hall–Kier alpha value is -2.34. The van der Waals surface area contributed by atoms with Crippen molar-refractivity contribution in [2.45, 2.75) is 19.3 Å². The van der Waals surface area contributed by atoms with Crippen molar-refractivity contribution < 1.29 is 4.79 Å². The molecule has 0 saturated carbocycles. The van der Waals surface area contributed by atoms with Gasteiger partial charge in [0.15, 0.2) is 0 Å². The van der Waals surface area contributed by atoms with E-state index in [0.717, 1.165) is 43.4 Å². The summed E-state index contributed by atoms with van der Waals surface area (Å²) < 4.78 is 0. The smallest absolute Gasteiger partial charge is 0.227 e. The molecule has 7 heteroatoms. The highest BCUT2D eigenvalue weighted by atomic mass is 35.5. The molecule has 0 aliphatic carbocycles. The zero-order valence-corrected chi connectivity index (χ0v) is 16.1. The van der Waals surface area contributed by atoms with E-state index < -0.39 is 0 Å². The lowest BCUT2D eigenvalue weighted by molar-refractivity contribution is -0.130. The molecule has 1 aromatic carbocycles. The minimum absolute atomic E-state index is 0.128. The third-order valence-electron chi connectivity index (χ3n) is 5.32. The van der Waals surface area contributed by atoms with Gasteiger partial charge in [-0.3, -0.25) is 4.79 Å². The van der Waals surface area contributed by atoms with Gasteiger partial charge in [0.1, 0.15) is 18.0 Å². The topological polar surface area (TPSA) is 52.6 Å². The fourth-order valence-electron chi connectivity index (χ4n) is 3.73. The zero-order chi connectivity index (χ0) is 18.6. The van der Waals surface area contributed by atoms with Crippen LogP contribution in [0, 0.1) is 0 Å². The Labute approximate surface area is 164 Å². The highest BCUT2D eigenvalue weighted by Gasteiger charge is 2.23. The van der Waals surface area contributed by atoms with E-state index in [9.17, 15) is 4.79 Å². The van der Waals surface area contributed by atoms with E-state index in [-0.39, 0.29) is 5.91 Å². The summed E-state index contributed by atoms with van der Waals surface area (Å²) >= 11 is 6.18. The van der Waals surface area contributed by atoms with Crippen molar-refractivity contribution in [1.29, 1.82) is 0 Å². The number of hydrogen-bond acceptors (Lipinski definition) is 5. The molecular formula is C20H24ClN5O. The second-order valence-corrected chi connectivity index (χ2v) is 7.47. The minimum Gasteiger partial charge on any atom is -0.356 e. The van der Waals surface area contributed by atoms with Crippen LogP contribution in [0.4, 0.5) is 11.6 Å². The summed E-state index contributed by atoms with van der Waals surface area (Å²) in [6, 6.07) is 9.62. The predicted octanol–water partition coefficient (Wildman–Crippen LogP) is 2.62. The molecule has 0 atom stereocenters. The summed E-state index contributed by atoms with van der Waals surface area (Å²) in [5.41, 5.74) is 0.887. The van der Waals surface area contributed by atoms with Crippen LogP contribution >= 0.6 is 11.6 Å². The number of carbonyl (C=O) groups excluding carboxylic acids is 1. The van der Waals surface area contributed by atoms with Crippen LogP contribution in [0.2, 0.25) is 5.02 Å². The summed E-state index contributed by atoms with van der Waals surface area (Å²) in [4.78, 5) is 28.0. The van der Waals surface area contributed by atoms with Crippen molar-refractivity contribution in [3.05, 3.63) is 47.2 Å². The van der Waals surface area contributed by atoms with Crippen LogP contribution in [0.1, 0.15) is 18.4 Å². The Morgan fingerprint density at radius 3 is 2.22 bits per heavy atom. The lowest BCUT2D eigenvalue weighted by atomic mass is 10.1. The number of piperazine rings is 1.